The smallest absolute Gasteiger partial charge is 0.0434 e. The Balaban J connectivity index is 2.06. The summed E-state index contributed by atoms with van der Waals surface area (Å²) in [7, 11) is 0. The Labute approximate surface area is 104 Å². The van der Waals surface area contributed by atoms with E-state index in [9.17, 15) is 0 Å². The molecule has 0 unspecified atom stereocenters. The van der Waals surface area contributed by atoms with Gasteiger partial charge in [-0.3, -0.25) is 0 Å². The minimum Gasteiger partial charge on any atom is -0.396 e. The standard InChI is InChI=1S/C15H23NO/c16-15(10-2-1-3-11-15)14-8-6-13(7-9-14)5-4-12-17/h6-9,17H,1-5,10-12,16H2. The summed E-state index contributed by atoms with van der Waals surface area (Å²) < 4.78 is 0. The van der Waals surface area contributed by atoms with Crippen molar-refractivity contribution in [3.8, 4) is 0 Å². The molecule has 0 radical (unpaired) electrons. The molecule has 17 heavy (non-hydrogen) atoms. The van der Waals surface area contributed by atoms with Crippen molar-refractivity contribution in [3.63, 3.8) is 0 Å². The van der Waals surface area contributed by atoms with E-state index >= 15 is 0 Å². The Morgan fingerprint density at radius 2 is 1.71 bits per heavy atom. The van der Waals surface area contributed by atoms with E-state index in [2.05, 4.69) is 24.3 Å². The Bertz CT molecular complexity index is 338. The van der Waals surface area contributed by atoms with E-state index in [0.717, 1.165) is 25.7 Å². The van der Waals surface area contributed by atoms with Crippen LogP contribution in [0.5, 0.6) is 0 Å². The molecular formula is C15H23NO. The summed E-state index contributed by atoms with van der Waals surface area (Å²) in [5, 5.41) is 8.81. The fourth-order valence-electron chi connectivity index (χ4n) is 2.76. The molecule has 0 bridgehead atoms. The lowest BCUT2D eigenvalue weighted by molar-refractivity contribution is 0.288. The molecule has 1 aromatic rings. The number of aliphatic hydroxyl groups excluding tert-OH is 1. The van der Waals surface area contributed by atoms with Gasteiger partial charge in [0, 0.05) is 12.1 Å². The number of benzene rings is 1. The summed E-state index contributed by atoms with van der Waals surface area (Å²) in [6, 6.07) is 8.68. The van der Waals surface area contributed by atoms with E-state index in [-0.39, 0.29) is 12.1 Å². The minimum absolute atomic E-state index is 0.0895. The molecule has 2 nitrogen and oxygen atoms in total. The van der Waals surface area contributed by atoms with Crippen LogP contribution in [0.3, 0.4) is 0 Å². The largest absolute Gasteiger partial charge is 0.396 e. The number of rotatable bonds is 4. The molecule has 94 valence electrons. The van der Waals surface area contributed by atoms with Crippen LogP contribution in [0.15, 0.2) is 24.3 Å². The van der Waals surface area contributed by atoms with Gasteiger partial charge in [-0.05, 0) is 36.8 Å². The normalized spacial score (nSPS) is 19.2. The maximum Gasteiger partial charge on any atom is 0.0434 e. The van der Waals surface area contributed by atoms with Crippen molar-refractivity contribution in [2.75, 3.05) is 6.61 Å². The Morgan fingerprint density at radius 1 is 1.06 bits per heavy atom. The molecule has 3 N–H and O–H groups in total. The minimum atomic E-state index is -0.0895. The fraction of sp³-hybridized carbons (Fsp3) is 0.600. The van der Waals surface area contributed by atoms with Gasteiger partial charge in [-0.15, -0.1) is 0 Å². The number of nitrogens with two attached hydrogens (primary N) is 1. The van der Waals surface area contributed by atoms with Gasteiger partial charge < -0.3 is 10.8 Å². The van der Waals surface area contributed by atoms with Crippen molar-refractivity contribution in [2.24, 2.45) is 5.73 Å². The molecular weight excluding hydrogens is 210 g/mol. The lowest BCUT2D eigenvalue weighted by Gasteiger charge is -2.34. The number of aryl methyl sites for hydroxylation is 1. The first kappa shape index (κ1) is 12.6. The van der Waals surface area contributed by atoms with Crippen molar-refractivity contribution in [1.29, 1.82) is 0 Å². The lowest BCUT2D eigenvalue weighted by Crippen LogP contribution is -2.38. The second-order valence-electron chi connectivity index (χ2n) is 5.24. The van der Waals surface area contributed by atoms with Crippen LogP contribution in [0.25, 0.3) is 0 Å². The van der Waals surface area contributed by atoms with Gasteiger partial charge in [-0.2, -0.15) is 0 Å². The van der Waals surface area contributed by atoms with E-state index < -0.39 is 0 Å². The predicted octanol–water partition coefficient (Wildman–Crippen LogP) is 2.73. The van der Waals surface area contributed by atoms with Crippen molar-refractivity contribution in [3.05, 3.63) is 35.4 Å². The number of hydrogen-bond acceptors (Lipinski definition) is 2. The molecule has 1 aromatic carbocycles. The molecule has 0 saturated heterocycles. The molecule has 0 atom stereocenters. The summed E-state index contributed by atoms with van der Waals surface area (Å²) in [6.45, 7) is 0.266. The average molecular weight is 233 g/mol. The van der Waals surface area contributed by atoms with Crippen molar-refractivity contribution in [1.82, 2.24) is 0 Å². The molecule has 0 heterocycles. The van der Waals surface area contributed by atoms with Crippen LogP contribution in [0.2, 0.25) is 0 Å². The molecule has 1 aliphatic carbocycles. The third-order valence-corrected chi connectivity index (χ3v) is 3.90. The molecule has 0 aromatic heterocycles. The third kappa shape index (κ3) is 3.08. The first-order valence-electron chi connectivity index (χ1n) is 6.74. The molecule has 2 rings (SSSR count). The van der Waals surface area contributed by atoms with Gasteiger partial charge in [0.25, 0.3) is 0 Å². The van der Waals surface area contributed by atoms with Crippen LogP contribution in [0.4, 0.5) is 0 Å². The Kier molecular flexibility index (Phi) is 4.19. The summed E-state index contributed by atoms with van der Waals surface area (Å²) in [5.74, 6) is 0. The molecule has 0 spiro atoms. The Hall–Kier alpha value is -0.860. The highest BCUT2D eigenvalue weighted by molar-refractivity contribution is 5.28. The van der Waals surface area contributed by atoms with Crippen LogP contribution in [0.1, 0.15) is 49.7 Å². The number of aliphatic hydroxyl groups is 1. The van der Waals surface area contributed by atoms with Gasteiger partial charge in [0.05, 0.1) is 0 Å². The van der Waals surface area contributed by atoms with Crippen LogP contribution in [-0.2, 0) is 12.0 Å². The van der Waals surface area contributed by atoms with E-state index in [1.54, 1.807) is 0 Å². The van der Waals surface area contributed by atoms with E-state index in [4.69, 9.17) is 10.8 Å². The van der Waals surface area contributed by atoms with E-state index in [1.807, 2.05) is 0 Å². The van der Waals surface area contributed by atoms with Crippen LogP contribution in [0, 0.1) is 0 Å². The van der Waals surface area contributed by atoms with Gasteiger partial charge in [0.15, 0.2) is 0 Å². The van der Waals surface area contributed by atoms with Gasteiger partial charge in [-0.1, -0.05) is 43.5 Å². The summed E-state index contributed by atoms with van der Waals surface area (Å²) in [6.07, 6.45) is 7.85. The molecule has 0 amide bonds. The van der Waals surface area contributed by atoms with Gasteiger partial charge in [-0.25, -0.2) is 0 Å². The highest BCUT2D eigenvalue weighted by Crippen LogP contribution is 2.34. The topological polar surface area (TPSA) is 46.2 Å². The quantitative estimate of drug-likeness (QED) is 0.840. The highest BCUT2D eigenvalue weighted by Gasteiger charge is 2.28. The first-order chi connectivity index (χ1) is 8.24. The van der Waals surface area contributed by atoms with Gasteiger partial charge in [0.1, 0.15) is 0 Å². The zero-order chi connectivity index (χ0) is 12.1. The van der Waals surface area contributed by atoms with Gasteiger partial charge >= 0.3 is 0 Å². The second kappa shape index (κ2) is 5.65. The third-order valence-electron chi connectivity index (χ3n) is 3.90. The zero-order valence-electron chi connectivity index (χ0n) is 10.5. The van der Waals surface area contributed by atoms with Crippen molar-refractivity contribution < 1.29 is 5.11 Å². The second-order valence-corrected chi connectivity index (χ2v) is 5.24. The molecule has 1 fully saturated rings. The summed E-state index contributed by atoms with van der Waals surface area (Å²) in [5.41, 5.74) is 8.98. The monoisotopic (exact) mass is 233 g/mol. The van der Waals surface area contributed by atoms with Crippen molar-refractivity contribution in [2.45, 2.75) is 50.5 Å². The highest BCUT2D eigenvalue weighted by atomic mass is 16.2. The maximum absolute atomic E-state index is 8.81. The zero-order valence-corrected chi connectivity index (χ0v) is 10.5. The number of hydrogen-bond donors (Lipinski definition) is 2. The van der Waals surface area contributed by atoms with Gasteiger partial charge in [0.2, 0.25) is 0 Å². The lowest BCUT2D eigenvalue weighted by atomic mass is 9.77. The van der Waals surface area contributed by atoms with Crippen molar-refractivity contribution >= 4 is 0 Å². The van der Waals surface area contributed by atoms with Crippen LogP contribution >= 0.6 is 0 Å². The summed E-state index contributed by atoms with van der Waals surface area (Å²) in [4.78, 5) is 0. The van der Waals surface area contributed by atoms with E-state index in [1.165, 1.54) is 30.4 Å². The van der Waals surface area contributed by atoms with Crippen LogP contribution in [-0.4, -0.2) is 11.7 Å². The van der Waals surface area contributed by atoms with E-state index in [0.29, 0.717) is 0 Å². The average Bonchev–Trinajstić information content (AvgIpc) is 2.38. The van der Waals surface area contributed by atoms with Crippen LogP contribution < -0.4 is 5.73 Å². The fourth-order valence-corrected chi connectivity index (χ4v) is 2.76. The Morgan fingerprint density at radius 3 is 2.29 bits per heavy atom. The molecule has 2 heteroatoms. The first-order valence-corrected chi connectivity index (χ1v) is 6.74. The summed E-state index contributed by atoms with van der Waals surface area (Å²) >= 11 is 0. The molecule has 1 saturated carbocycles. The molecule has 1 aliphatic rings. The maximum atomic E-state index is 8.81. The SMILES string of the molecule is NC1(c2ccc(CCCO)cc2)CCCCC1. The molecule has 0 aliphatic heterocycles. The predicted molar refractivity (Wildman–Crippen MR) is 70.8 cm³/mol.